The van der Waals surface area contributed by atoms with Crippen LogP contribution in [0.25, 0.3) is 10.8 Å². The smallest absolute Gasteiger partial charge is 0.424 e. The lowest BCUT2D eigenvalue weighted by molar-refractivity contribution is 0.0431. The maximum atomic E-state index is 13.1. The topological polar surface area (TPSA) is 67.9 Å². The molecule has 6 nitrogen and oxygen atoms in total. The maximum absolute atomic E-state index is 13.1. The highest BCUT2D eigenvalue weighted by Gasteiger charge is 2.35. The van der Waals surface area contributed by atoms with Gasteiger partial charge >= 0.3 is 12.2 Å². The molecular weight excluding hydrogens is 404 g/mol. The quantitative estimate of drug-likeness (QED) is 0.567. The number of carbonyl (C=O) groups excluding carboxylic acids is 2. The van der Waals surface area contributed by atoms with E-state index in [0.29, 0.717) is 18.1 Å². The summed E-state index contributed by atoms with van der Waals surface area (Å²) in [5.41, 5.74) is 0.817. The number of nitrogens with one attached hydrogen (secondary N) is 1. The molecule has 1 N–H and O–H groups in total. The SMILES string of the molecule is CC(C)(C)OC(=O)N(C(=O)OC(C)(C)C)c1cc2c(c3ccccc13)C(CCl)CN2. The molecule has 3 rings (SSSR count). The van der Waals surface area contributed by atoms with Gasteiger partial charge in [-0.05, 0) is 58.6 Å². The molecule has 0 aliphatic carbocycles. The number of hydrogen-bond donors (Lipinski definition) is 1. The Hall–Kier alpha value is -2.47. The second-order valence-electron chi connectivity index (χ2n) is 9.43. The monoisotopic (exact) mass is 432 g/mol. The van der Waals surface area contributed by atoms with E-state index in [1.807, 2.05) is 24.3 Å². The number of imide groups is 1. The number of benzene rings is 2. The van der Waals surface area contributed by atoms with Gasteiger partial charge < -0.3 is 14.8 Å². The fourth-order valence-corrected chi connectivity index (χ4v) is 3.77. The second kappa shape index (κ2) is 7.99. The van der Waals surface area contributed by atoms with E-state index in [1.165, 1.54) is 0 Å². The van der Waals surface area contributed by atoms with Crippen LogP contribution in [0.2, 0.25) is 0 Å². The average Bonchev–Trinajstić information content (AvgIpc) is 3.02. The number of fused-ring (bicyclic) bond motifs is 3. The van der Waals surface area contributed by atoms with Gasteiger partial charge in [-0.3, -0.25) is 0 Å². The minimum atomic E-state index is -0.784. The lowest BCUT2D eigenvalue weighted by atomic mass is 9.94. The van der Waals surface area contributed by atoms with Gasteiger partial charge in [0.15, 0.2) is 0 Å². The number of halogens is 1. The Labute approximate surface area is 182 Å². The fourth-order valence-electron chi connectivity index (χ4n) is 3.50. The van der Waals surface area contributed by atoms with E-state index >= 15 is 0 Å². The van der Waals surface area contributed by atoms with E-state index in [9.17, 15) is 9.59 Å². The fraction of sp³-hybridized carbons (Fsp3) is 0.478. The van der Waals surface area contributed by atoms with Crippen LogP contribution in [-0.4, -0.2) is 35.8 Å². The first-order chi connectivity index (χ1) is 13.9. The summed E-state index contributed by atoms with van der Waals surface area (Å²) in [6.07, 6.45) is -1.57. The molecule has 0 bridgehead atoms. The predicted molar refractivity (Wildman–Crippen MR) is 121 cm³/mol. The molecule has 30 heavy (non-hydrogen) atoms. The zero-order valence-corrected chi connectivity index (χ0v) is 19.1. The van der Waals surface area contributed by atoms with Crippen molar-refractivity contribution in [1.29, 1.82) is 0 Å². The number of anilines is 2. The third-order valence-electron chi connectivity index (χ3n) is 4.59. The molecule has 1 aliphatic rings. The molecule has 0 spiro atoms. The van der Waals surface area contributed by atoms with Crippen molar-refractivity contribution >= 4 is 45.9 Å². The Balaban J connectivity index is 2.20. The van der Waals surface area contributed by atoms with Crippen LogP contribution in [-0.2, 0) is 9.47 Å². The van der Waals surface area contributed by atoms with Gasteiger partial charge in [-0.2, -0.15) is 4.90 Å². The Bertz CT molecular complexity index is 948. The molecule has 7 heteroatoms. The van der Waals surface area contributed by atoms with Crippen LogP contribution in [0, 0.1) is 0 Å². The third-order valence-corrected chi connectivity index (χ3v) is 4.96. The van der Waals surface area contributed by atoms with Crippen LogP contribution in [0.15, 0.2) is 30.3 Å². The van der Waals surface area contributed by atoms with Gasteiger partial charge in [-0.1, -0.05) is 24.3 Å². The van der Waals surface area contributed by atoms with Gasteiger partial charge in [0, 0.05) is 29.4 Å². The van der Waals surface area contributed by atoms with Crippen molar-refractivity contribution < 1.29 is 19.1 Å². The number of hydrogen-bond acceptors (Lipinski definition) is 5. The number of carbonyl (C=O) groups is 2. The molecule has 0 saturated carbocycles. The van der Waals surface area contributed by atoms with Crippen molar-refractivity contribution in [3.05, 3.63) is 35.9 Å². The van der Waals surface area contributed by atoms with Gasteiger partial charge in [0.2, 0.25) is 0 Å². The van der Waals surface area contributed by atoms with Crippen molar-refractivity contribution in [2.45, 2.75) is 58.7 Å². The molecule has 162 valence electrons. The molecule has 1 atom stereocenters. The molecular formula is C23H29ClN2O4. The Morgan fingerprint density at radius 3 is 2.07 bits per heavy atom. The summed E-state index contributed by atoms with van der Waals surface area (Å²) >= 11 is 6.19. The molecule has 0 saturated heterocycles. The predicted octanol–water partition coefficient (Wildman–Crippen LogP) is 6.26. The maximum Gasteiger partial charge on any atom is 0.424 e. The average molecular weight is 433 g/mol. The molecule has 0 aromatic heterocycles. The van der Waals surface area contributed by atoms with Crippen molar-refractivity contribution in [2.24, 2.45) is 0 Å². The first-order valence-electron chi connectivity index (χ1n) is 10.0. The van der Waals surface area contributed by atoms with E-state index in [0.717, 1.165) is 26.9 Å². The molecule has 0 fully saturated rings. The van der Waals surface area contributed by atoms with Crippen molar-refractivity contribution in [3.63, 3.8) is 0 Å². The molecule has 0 radical (unpaired) electrons. The van der Waals surface area contributed by atoms with Crippen molar-refractivity contribution in [3.8, 4) is 0 Å². The number of amides is 2. The van der Waals surface area contributed by atoms with E-state index in [1.54, 1.807) is 47.6 Å². The van der Waals surface area contributed by atoms with Crippen molar-refractivity contribution in [2.75, 3.05) is 22.6 Å². The van der Waals surface area contributed by atoms with E-state index in [4.69, 9.17) is 21.1 Å². The minimum absolute atomic E-state index is 0.150. The van der Waals surface area contributed by atoms with E-state index < -0.39 is 23.4 Å². The molecule has 2 aromatic carbocycles. The lowest BCUT2D eigenvalue weighted by Crippen LogP contribution is -2.44. The van der Waals surface area contributed by atoms with Gasteiger partial charge in [-0.25, -0.2) is 9.59 Å². The summed E-state index contributed by atoms with van der Waals surface area (Å²) < 4.78 is 11.1. The van der Waals surface area contributed by atoms with Crippen LogP contribution >= 0.6 is 11.6 Å². The van der Waals surface area contributed by atoms with Crippen LogP contribution < -0.4 is 10.2 Å². The summed E-state index contributed by atoms with van der Waals surface area (Å²) in [6, 6.07) is 9.47. The van der Waals surface area contributed by atoms with Crippen LogP contribution in [0.3, 0.4) is 0 Å². The zero-order valence-electron chi connectivity index (χ0n) is 18.3. The summed E-state index contributed by atoms with van der Waals surface area (Å²) in [4.78, 5) is 27.2. The standard InChI is InChI=1S/C23H29ClN2O4/c1-22(2,3)29-20(27)26(21(28)30-23(4,5)6)18-11-17-19(14(12-24)13-25-17)16-10-8-7-9-15(16)18/h7-11,14,25H,12-13H2,1-6H3. The number of alkyl halides is 1. The Kier molecular flexibility index (Phi) is 5.92. The highest BCUT2D eigenvalue weighted by Crippen LogP contribution is 2.43. The minimum Gasteiger partial charge on any atom is -0.443 e. The normalized spacial score (nSPS) is 16.0. The molecule has 2 aromatic rings. The van der Waals surface area contributed by atoms with E-state index in [-0.39, 0.29) is 5.92 Å². The summed E-state index contributed by atoms with van der Waals surface area (Å²) in [6.45, 7) is 11.2. The van der Waals surface area contributed by atoms with Crippen LogP contribution in [0.5, 0.6) is 0 Å². The largest absolute Gasteiger partial charge is 0.443 e. The van der Waals surface area contributed by atoms with Crippen LogP contribution in [0.4, 0.5) is 21.0 Å². The Morgan fingerprint density at radius 1 is 1.03 bits per heavy atom. The summed E-state index contributed by atoms with van der Waals surface area (Å²) in [5, 5.41) is 5.05. The van der Waals surface area contributed by atoms with Gasteiger partial charge in [0.05, 0.1) is 5.69 Å². The molecule has 1 heterocycles. The van der Waals surface area contributed by atoms with Crippen LogP contribution in [0.1, 0.15) is 53.0 Å². The zero-order chi connectivity index (χ0) is 22.3. The molecule has 2 amide bonds. The third kappa shape index (κ3) is 4.64. The highest BCUT2D eigenvalue weighted by molar-refractivity contribution is 6.19. The number of nitrogens with zero attached hydrogens (tertiary/aromatic N) is 1. The number of ether oxygens (including phenoxy) is 2. The lowest BCUT2D eigenvalue weighted by Gasteiger charge is -2.29. The Morgan fingerprint density at radius 2 is 1.57 bits per heavy atom. The van der Waals surface area contributed by atoms with Gasteiger partial charge in [0.25, 0.3) is 0 Å². The van der Waals surface area contributed by atoms with E-state index in [2.05, 4.69) is 5.32 Å². The molecule has 1 unspecified atom stereocenters. The summed E-state index contributed by atoms with van der Waals surface area (Å²) in [5.74, 6) is 0.627. The highest BCUT2D eigenvalue weighted by atomic mass is 35.5. The first kappa shape index (κ1) is 22.2. The summed E-state index contributed by atoms with van der Waals surface area (Å²) in [7, 11) is 0. The van der Waals surface area contributed by atoms with Gasteiger partial charge in [0.1, 0.15) is 11.2 Å². The van der Waals surface area contributed by atoms with Gasteiger partial charge in [-0.15, -0.1) is 11.6 Å². The number of rotatable bonds is 2. The molecule has 1 aliphatic heterocycles. The second-order valence-corrected chi connectivity index (χ2v) is 9.74. The van der Waals surface area contributed by atoms with Crippen molar-refractivity contribution in [1.82, 2.24) is 0 Å². The first-order valence-corrected chi connectivity index (χ1v) is 10.6.